The Kier molecular flexibility index (Phi) is 3.89. The maximum absolute atomic E-state index is 9.57. The Hall–Kier alpha value is -0.900. The van der Waals surface area contributed by atoms with Crippen LogP contribution in [0.15, 0.2) is 30.3 Å². The van der Waals surface area contributed by atoms with Gasteiger partial charge in [-0.1, -0.05) is 37.3 Å². The third-order valence-corrected chi connectivity index (χ3v) is 1.81. The van der Waals surface area contributed by atoms with E-state index in [1.807, 2.05) is 37.3 Å². The summed E-state index contributed by atoms with van der Waals surface area (Å²) in [5.41, 5.74) is 5.19. The van der Waals surface area contributed by atoms with Gasteiger partial charge in [-0.25, -0.2) is 0 Å². The zero-order chi connectivity index (χ0) is 8.32. The number of rotatable bonds is 2. The van der Waals surface area contributed by atoms with E-state index in [1.165, 1.54) is 0 Å². The predicted molar refractivity (Wildman–Crippen MR) is 49.8 cm³/mol. The Morgan fingerprint density at radius 2 is 1.83 bits per heavy atom. The highest BCUT2D eigenvalue weighted by molar-refractivity contribution is 5.20. The van der Waals surface area contributed by atoms with E-state index in [1.54, 1.807) is 0 Å². The van der Waals surface area contributed by atoms with Gasteiger partial charge in [0.25, 0.3) is 0 Å². The average molecular weight is 168 g/mol. The van der Waals surface area contributed by atoms with E-state index in [0.717, 1.165) is 5.56 Å². The molecule has 68 valence electrons. The highest BCUT2D eigenvalue weighted by Gasteiger charge is 2.19. The van der Waals surface area contributed by atoms with Crippen LogP contribution in [0.4, 0.5) is 0 Å². The zero-order valence-electron chi connectivity index (χ0n) is 7.33. The molecule has 0 heterocycles. The summed E-state index contributed by atoms with van der Waals surface area (Å²) in [6, 6.07) is 9.27. The number of benzene rings is 1. The van der Waals surface area contributed by atoms with Crippen LogP contribution in [-0.2, 0) is 5.72 Å². The second-order valence-corrected chi connectivity index (χ2v) is 2.64. The van der Waals surface area contributed by atoms with Gasteiger partial charge >= 0.3 is 0 Å². The van der Waals surface area contributed by atoms with Crippen molar-refractivity contribution in [2.45, 2.75) is 19.1 Å². The third kappa shape index (κ3) is 2.30. The van der Waals surface area contributed by atoms with Crippen LogP contribution in [0.1, 0.15) is 18.9 Å². The lowest BCUT2D eigenvalue weighted by molar-refractivity contribution is 0.0395. The van der Waals surface area contributed by atoms with Crippen LogP contribution in [0.3, 0.4) is 0 Å². The van der Waals surface area contributed by atoms with Crippen molar-refractivity contribution in [3.63, 3.8) is 0 Å². The molecule has 1 aromatic rings. The van der Waals surface area contributed by atoms with Crippen molar-refractivity contribution in [2.24, 2.45) is 5.73 Å². The molecule has 0 aliphatic heterocycles. The van der Waals surface area contributed by atoms with Crippen molar-refractivity contribution in [3.05, 3.63) is 35.9 Å². The molecule has 6 N–H and O–H groups in total. The van der Waals surface area contributed by atoms with Crippen LogP contribution in [0.25, 0.3) is 0 Å². The molecule has 0 aliphatic carbocycles. The Morgan fingerprint density at radius 3 is 2.25 bits per heavy atom. The van der Waals surface area contributed by atoms with Gasteiger partial charge in [-0.2, -0.15) is 0 Å². The summed E-state index contributed by atoms with van der Waals surface area (Å²) in [7, 11) is 0. The molecule has 0 spiro atoms. The lowest BCUT2D eigenvalue weighted by atomic mass is 10.0. The molecule has 0 radical (unpaired) electrons. The first-order chi connectivity index (χ1) is 5.17. The fourth-order valence-corrected chi connectivity index (χ4v) is 0.931. The summed E-state index contributed by atoms with van der Waals surface area (Å²) in [6.07, 6.45) is 0.525. The molecule has 1 rings (SSSR count). The normalized spacial score (nSPS) is 14.6. The smallest absolute Gasteiger partial charge is 0.139 e. The van der Waals surface area contributed by atoms with E-state index < -0.39 is 5.72 Å². The molecule has 0 aliphatic rings. The monoisotopic (exact) mass is 168 g/mol. The molecule has 12 heavy (non-hydrogen) atoms. The molecule has 0 saturated heterocycles. The second kappa shape index (κ2) is 4.21. The second-order valence-electron chi connectivity index (χ2n) is 2.64. The molecule has 3 nitrogen and oxygen atoms in total. The Bertz CT molecular complexity index is 221. The summed E-state index contributed by atoms with van der Waals surface area (Å²) < 4.78 is 0. The number of nitrogens with two attached hydrogens (primary N) is 1. The first kappa shape index (κ1) is 11.1. The van der Waals surface area contributed by atoms with Crippen LogP contribution in [0.2, 0.25) is 0 Å². The van der Waals surface area contributed by atoms with E-state index in [9.17, 15) is 5.11 Å². The van der Waals surface area contributed by atoms with Crippen molar-refractivity contribution in [1.82, 2.24) is 6.15 Å². The van der Waals surface area contributed by atoms with Crippen molar-refractivity contribution in [1.29, 1.82) is 0 Å². The molecular formula is C9H16N2O. The minimum Gasteiger partial charge on any atom is -0.372 e. The Morgan fingerprint density at radius 1 is 1.33 bits per heavy atom. The Labute approximate surface area is 72.8 Å². The molecule has 3 heteroatoms. The fraction of sp³-hybridized carbons (Fsp3) is 0.333. The quantitative estimate of drug-likeness (QED) is 0.583. The summed E-state index contributed by atoms with van der Waals surface area (Å²) in [6.45, 7) is 1.85. The van der Waals surface area contributed by atoms with Gasteiger partial charge in [-0.15, -0.1) is 0 Å². The topological polar surface area (TPSA) is 81.2 Å². The molecule has 0 bridgehead atoms. The SMILES string of the molecule is CCC(N)(O)c1ccccc1.N. The molecule has 0 fully saturated rings. The van der Waals surface area contributed by atoms with Gasteiger partial charge in [0.05, 0.1) is 0 Å². The van der Waals surface area contributed by atoms with Crippen molar-refractivity contribution in [2.75, 3.05) is 0 Å². The van der Waals surface area contributed by atoms with Crippen molar-refractivity contribution in [3.8, 4) is 0 Å². The lowest BCUT2D eigenvalue weighted by Gasteiger charge is -2.21. The molecule has 1 unspecified atom stereocenters. The first-order valence-corrected chi connectivity index (χ1v) is 3.73. The highest BCUT2D eigenvalue weighted by Crippen LogP contribution is 2.17. The summed E-state index contributed by atoms with van der Waals surface area (Å²) in [4.78, 5) is 0. The zero-order valence-corrected chi connectivity index (χ0v) is 7.33. The van der Waals surface area contributed by atoms with Crippen LogP contribution in [0, 0.1) is 0 Å². The van der Waals surface area contributed by atoms with Gasteiger partial charge < -0.3 is 11.3 Å². The summed E-state index contributed by atoms with van der Waals surface area (Å²) in [5, 5.41) is 9.57. The average Bonchev–Trinajstić information content (AvgIpc) is 2.06. The van der Waals surface area contributed by atoms with E-state index in [-0.39, 0.29) is 6.15 Å². The maximum atomic E-state index is 9.57. The summed E-state index contributed by atoms with van der Waals surface area (Å²) >= 11 is 0. The van der Waals surface area contributed by atoms with E-state index in [4.69, 9.17) is 5.73 Å². The van der Waals surface area contributed by atoms with Crippen LogP contribution in [0.5, 0.6) is 0 Å². The van der Waals surface area contributed by atoms with Gasteiger partial charge in [0.2, 0.25) is 0 Å². The number of aliphatic hydroxyl groups is 1. The minimum atomic E-state index is -1.17. The molecule has 1 aromatic carbocycles. The van der Waals surface area contributed by atoms with Gasteiger partial charge in [0, 0.05) is 0 Å². The molecule has 0 amide bonds. The predicted octanol–water partition coefficient (Wildman–Crippen LogP) is 1.36. The lowest BCUT2D eigenvalue weighted by Crippen LogP contribution is -2.35. The van der Waals surface area contributed by atoms with E-state index in [2.05, 4.69) is 0 Å². The third-order valence-electron chi connectivity index (χ3n) is 1.81. The standard InChI is InChI=1S/C9H13NO.H3N/c1-2-9(10,11)8-6-4-3-5-7-8;/h3-7,11H,2,10H2,1H3;1H3. The molecule has 0 saturated carbocycles. The summed E-state index contributed by atoms with van der Waals surface area (Å²) in [5.74, 6) is 0. The number of hydrogen-bond acceptors (Lipinski definition) is 3. The van der Waals surface area contributed by atoms with E-state index in [0.29, 0.717) is 6.42 Å². The molecule has 0 aromatic heterocycles. The largest absolute Gasteiger partial charge is 0.372 e. The highest BCUT2D eigenvalue weighted by atomic mass is 16.3. The number of hydrogen-bond donors (Lipinski definition) is 3. The van der Waals surface area contributed by atoms with Gasteiger partial charge in [0.15, 0.2) is 0 Å². The van der Waals surface area contributed by atoms with Crippen LogP contribution in [-0.4, -0.2) is 5.11 Å². The van der Waals surface area contributed by atoms with Crippen LogP contribution < -0.4 is 11.9 Å². The van der Waals surface area contributed by atoms with Crippen molar-refractivity contribution >= 4 is 0 Å². The Balaban J connectivity index is 0.00000121. The first-order valence-electron chi connectivity index (χ1n) is 3.73. The van der Waals surface area contributed by atoms with Crippen molar-refractivity contribution < 1.29 is 5.11 Å². The van der Waals surface area contributed by atoms with Gasteiger partial charge in [-0.05, 0) is 12.0 Å². The van der Waals surface area contributed by atoms with Crippen LogP contribution >= 0.6 is 0 Å². The molecular weight excluding hydrogens is 152 g/mol. The van der Waals surface area contributed by atoms with Gasteiger partial charge in [0.1, 0.15) is 5.72 Å². The fourth-order valence-electron chi connectivity index (χ4n) is 0.931. The molecule has 1 atom stereocenters. The minimum absolute atomic E-state index is 0. The van der Waals surface area contributed by atoms with Gasteiger partial charge in [-0.3, -0.25) is 5.73 Å². The van der Waals surface area contributed by atoms with E-state index >= 15 is 0 Å². The maximum Gasteiger partial charge on any atom is 0.139 e.